The van der Waals surface area contributed by atoms with Crippen molar-refractivity contribution in [2.24, 2.45) is 4.99 Å². The maximum Gasteiger partial charge on any atom is 0.416 e. The third-order valence-electron chi connectivity index (χ3n) is 6.17. The molecule has 0 aliphatic carbocycles. The van der Waals surface area contributed by atoms with Crippen LogP contribution in [0.1, 0.15) is 27.8 Å². The molecule has 4 rings (SSSR count). The quantitative estimate of drug-likeness (QED) is 0.124. The molecule has 0 aromatic heterocycles. The van der Waals surface area contributed by atoms with E-state index in [9.17, 15) is 57.8 Å². The van der Waals surface area contributed by atoms with Gasteiger partial charge in [0.05, 0.1) is 31.5 Å². The summed E-state index contributed by atoms with van der Waals surface area (Å²) in [4.78, 5) is 4.10. The highest BCUT2D eigenvalue weighted by Crippen LogP contribution is 2.43. The van der Waals surface area contributed by atoms with Crippen molar-refractivity contribution in [2.45, 2.75) is 24.7 Å². The van der Waals surface area contributed by atoms with Gasteiger partial charge in [-0.1, -0.05) is 0 Å². The summed E-state index contributed by atoms with van der Waals surface area (Å²) in [7, 11) is 0. The summed E-state index contributed by atoms with van der Waals surface area (Å²) in [6.45, 7) is 0. The van der Waals surface area contributed by atoms with Gasteiger partial charge in [0.15, 0.2) is 0 Å². The zero-order valence-corrected chi connectivity index (χ0v) is 25.9. The SMILES string of the molecule is Oc1c(I)cc(I)cc1C=Nc1cc(-c2cc(C(F)(F)F)cc(C(F)(F)F)c2)cc(-c2cc(C(F)(F)F)cc(C(F)(F)F)c2)c1. The van der Waals surface area contributed by atoms with Crippen molar-refractivity contribution in [3.8, 4) is 28.0 Å². The second-order valence-electron chi connectivity index (χ2n) is 9.44. The molecule has 0 radical (unpaired) electrons. The first-order chi connectivity index (χ1) is 20.5. The summed E-state index contributed by atoms with van der Waals surface area (Å²) in [6, 6.07) is 7.13. The van der Waals surface area contributed by atoms with Gasteiger partial charge in [-0.2, -0.15) is 52.7 Å². The molecule has 1 N–H and O–H groups in total. The predicted molar refractivity (Wildman–Crippen MR) is 158 cm³/mol. The highest BCUT2D eigenvalue weighted by molar-refractivity contribution is 14.1. The molecular formula is C29H13F12I2NO. The Balaban J connectivity index is 2.03. The average molecular weight is 873 g/mol. The summed E-state index contributed by atoms with van der Waals surface area (Å²) < 4.78 is 164. The fourth-order valence-electron chi connectivity index (χ4n) is 4.09. The molecule has 238 valence electrons. The molecule has 0 atom stereocenters. The molecule has 2 nitrogen and oxygen atoms in total. The van der Waals surface area contributed by atoms with E-state index < -0.39 is 69.2 Å². The smallest absolute Gasteiger partial charge is 0.416 e. The zero-order valence-electron chi connectivity index (χ0n) is 21.6. The predicted octanol–water partition coefficient (Wildman–Crippen LogP) is 11.8. The van der Waals surface area contributed by atoms with Crippen LogP contribution in [-0.4, -0.2) is 11.3 Å². The molecule has 0 fully saturated rings. The Kier molecular flexibility index (Phi) is 9.52. The summed E-state index contributed by atoms with van der Waals surface area (Å²) in [5, 5.41) is 10.4. The van der Waals surface area contributed by atoms with Crippen molar-refractivity contribution in [1.29, 1.82) is 0 Å². The van der Waals surface area contributed by atoms with Crippen LogP contribution in [0.4, 0.5) is 58.4 Å². The van der Waals surface area contributed by atoms with E-state index in [1.165, 1.54) is 6.07 Å². The topological polar surface area (TPSA) is 32.6 Å². The molecule has 0 heterocycles. The Morgan fingerprint density at radius 3 is 1.20 bits per heavy atom. The van der Waals surface area contributed by atoms with Crippen LogP contribution in [0.2, 0.25) is 0 Å². The fourth-order valence-corrected chi connectivity index (χ4v) is 5.98. The van der Waals surface area contributed by atoms with E-state index in [0.717, 1.165) is 24.4 Å². The average Bonchev–Trinajstić information content (AvgIpc) is 2.91. The number of halogens is 14. The molecule has 0 saturated heterocycles. The van der Waals surface area contributed by atoms with Gasteiger partial charge in [-0.3, -0.25) is 4.99 Å². The minimum Gasteiger partial charge on any atom is -0.506 e. The lowest BCUT2D eigenvalue weighted by Gasteiger charge is -2.17. The molecule has 16 heteroatoms. The number of phenols is 1. The van der Waals surface area contributed by atoms with E-state index in [0.29, 0.717) is 31.4 Å². The van der Waals surface area contributed by atoms with Gasteiger partial charge in [0.1, 0.15) is 5.75 Å². The van der Waals surface area contributed by atoms with Crippen molar-refractivity contribution in [3.63, 3.8) is 0 Å². The Morgan fingerprint density at radius 1 is 0.489 bits per heavy atom. The third-order valence-corrected chi connectivity index (χ3v) is 7.62. The monoisotopic (exact) mass is 873 g/mol. The van der Waals surface area contributed by atoms with Gasteiger partial charge in [-0.15, -0.1) is 0 Å². The lowest BCUT2D eigenvalue weighted by Crippen LogP contribution is -2.11. The van der Waals surface area contributed by atoms with Gasteiger partial charge in [0.2, 0.25) is 0 Å². The molecule has 0 bridgehead atoms. The lowest BCUT2D eigenvalue weighted by atomic mass is 9.93. The minimum absolute atomic E-state index is 0.120. The first-order valence-electron chi connectivity index (χ1n) is 12.0. The summed E-state index contributed by atoms with van der Waals surface area (Å²) in [5.74, 6) is -0.239. The number of aromatic hydroxyl groups is 1. The van der Waals surface area contributed by atoms with Gasteiger partial charge < -0.3 is 5.11 Å². The number of alkyl halides is 12. The Labute approximate surface area is 273 Å². The summed E-state index contributed by atoms with van der Waals surface area (Å²) >= 11 is 3.73. The molecule has 0 spiro atoms. The van der Waals surface area contributed by atoms with Crippen LogP contribution < -0.4 is 0 Å². The van der Waals surface area contributed by atoms with Gasteiger partial charge in [-0.05, 0) is 134 Å². The fraction of sp³-hybridized carbons (Fsp3) is 0.138. The summed E-state index contributed by atoms with van der Waals surface area (Å²) in [6.07, 6.45) is -19.9. The first-order valence-corrected chi connectivity index (χ1v) is 14.1. The molecule has 4 aromatic carbocycles. The normalized spacial score (nSPS) is 13.1. The number of nitrogens with zero attached hydrogens (tertiary/aromatic N) is 1. The van der Waals surface area contributed by atoms with Crippen LogP contribution in [0, 0.1) is 7.14 Å². The van der Waals surface area contributed by atoms with E-state index in [1.807, 2.05) is 45.2 Å². The van der Waals surface area contributed by atoms with Crippen molar-refractivity contribution >= 4 is 57.1 Å². The molecule has 0 aliphatic rings. The van der Waals surface area contributed by atoms with Crippen LogP contribution in [0.5, 0.6) is 5.75 Å². The Morgan fingerprint density at radius 2 is 0.844 bits per heavy atom. The molecule has 0 unspecified atom stereocenters. The Hall–Kier alpha value is -3.03. The number of phenolic OH excluding ortho intramolecular Hbond substituents is 1. The van der Waals surface area contributed by atoms with E-state index in [2.05, 4.69) is 4.99 Å². The van der Waals surface area contributed by atoms with Crippen molar-refractivity contribution < 1.29 is 57.8 Å². The van der Waals surface area contributed by atoms with E-state index in [4.69, 9.17) is 0 Å². The van der Waals surface area contributed by atoms with Crippen LogP contribution in [0.3, 0.4) is 0 Å². The largest absolute Gasteiger partial charge is 0.506 e. The number of rotatable bonds is 4. The lowest BCUT2D eigenvalue weighted by molar-refractivity contribution is -0.144. The maximum absolute atomic E-state index is 13.6. The Bertz CT molecular complexity index is 1630. The van der Waals surface area contributed by atoms with E-state index in [-0.39, 0.29) is 29.1 Å². The van der Waals surface area contributed by atoms with E-state index in [1.54, 1.807) is 6.07 Å². The van der Waals surface area contributed by atoms with Gasteiger partial charge in [0.25, 0.3) is 0 Å². The van der Waals surface area contributed by atoms with Gasteiger partial charge in [-0.25, -0.2) is 0 Å². The summed E-state index contributed by atoms with van der Waals surface area (Å²) in [5.41, 5.74) is -9.16. The maximum atomic E-state index is 13.6. The molecular weight excluding hydrogens is 860 g/mol. The third kappa shape index (κ3) is 8.42. The number of aliphatic imine (C=N–C) groups is 1. The van der Waals surface area contributed by atoms with E-state index >= 15 is 0 Å². The molecule has 45 heavy (non-hydrogen) atoms. The zero-order chi connectivity index (χ0) is 33.7. The van der Waals surface area contributed by atoms with Gasteiger partial charge >= 0.3 is 24.7 Å². The van der Waals surface area contributed by atoms with Crippen LogP contribution in [0.15, 0.2) is 71.7 Å². The van der Waals surface area contributed by atoms with Crippen LogP contribution >= 0.6 is 45.2 Å². The van der Waals surface area contributed by atoms with Crippen molar-refractivity contribution in [2.75, 3.05) is 0 Å². The molecule has 4 aromatic rings. The second kappa shape index (κ2) is 12.3. The highest BCUT2D eigenvalue weighted by Gasteiger charge is 2.38. The molecule has 0 saturated carbocycles. The standard InChI is InChI=1S/C29H13F12I2NO/c30-26(31,32)18-2-15(3-19(9-18)27(33,34)35)13-1-14(16-4-20(28(36,37)38)10-21(5-16)29(39,40)41)8-23(7-13)44-12-17-6-22(42)11-24(43)25(17)45/h1-12,45H. The minimum atomic E-state index is -5.24. The first kappa shape index (κ1) is 34.8. The van der Waals surface area contributed by atoms with Crippen molar-refractivity contribution in [1.82, 2.24) is 0 Å². The van der Waals surface area contributed by atoms with Crippen LogP contribution in [-0.2, 0) is 24.7 Å². The van der Waals surface area contributed by atoms with Gasteiger partial charge in [0, 0.05) is 15.3 Å². The molecule has 0 amide bonds. The molecule has 0 aliphatic heterocycles. The van der Waals surface area contributed by atoms with Crippen molar-refractivity contribution in [3.05, 3.63) is 102 Å². The number of benzene rings is 4. The number of hydrogen-bond acceptors (Lipinski definition) is 2. The van der Waals surface area contributed by atoms with Crippen LogP contribution in [0.25, 0.3) is 22.3 Å². The highest BCUT2D eigenvalue weighted by atomic mass is 127. The second-order valence-corrected chi connectivity index (χ2v) is 11.8. The number of hydrogen-bond donors (Lipinski definition) is 1.